The van der Waals surface area contributed by atoms with Crippen LogP contribution in [0.25, 0.3) is 10.9 Å². The summed E-state index contributed by atoms with van der Waals surface area (Å²) in [7, 11) is -4.12. The van der Waals surface area contributed by atoms with Gasteiger partial charge in [0.15, 0.2) is 6.23 Å². The Balaban J connectivity index is 2.25. The zero-order valence-electron chi connectivity index (χ0n) is 13.5. The summed E-state index contributed by atoms with van der Waals surface area (Å²) in [5.41, 5.74) is 0.812. The topological polar surface area (TPSA) is 103 Å². The number of fused-ring (bicyclic) bond motifs is 1. The molecule has 0 bridgehead atoms. The van der Waals surface area contributed by atoms with Crippen molar-refractivity contribution in [3.8, 4) is 0 Å². The van der Waals surface area contributed by atoms with E-state index in [-0.39, 0.29) is 10.6 Å². The van der Waals surface area contributed by atoms with E-state index in [1.807, 2.05) is 0 Å². The van der Waals surface area contributed by atoms with Gasteiger partial charge < -0.3 is 9.54 Å². The summed E-state index contributed by atoms with van der Waals surface area (Å²) in [5, 5.41) is 0.750. The van der Waals surface area contributed by atoms with Gasteiger partial charge in [-0.1, -0.05) is 35.9 Å². The fourth-order valence-electron chi connectivity index (χ4n) is 2.69. The fraction of sp³-hybridized carbons (Fsp3) is 0.125. The minimum atomic E-state index is -4.12. The van der Waals surface area contributed by atoms with Gasteiger partial charge in [0.25, 0.3) is 10.0 Å². The van der Waals surface area contributed by atoms with E-state index in [0.717, 1.165) is 4.31 Å². The summed E-state index contributed by atoms with van der Waals surface area (Å²) in [6, 6.07) is 12.6. The highest BCUT2D eigenvalue weighted by Crippen LogP contribution is 2.36. The molecule has 26 heavy (non-hydrogen) atoms. The molecule has 2 aromatic carbocycles. The van der Waals surface area contributed by atoms with Crippen molar-refractivity contribution >= 4 is 49.6 Å². The molecule has 3 aromatic rings. The predicted octanol–water partition coefficient (Wildman–Crippen LogP) is 3.17. The number of rotatable bonds is 6. The highest BCUT2D eigenvalue weighted by Gasteiger charge is 2.32. The molecule has 0 saturated carbocycles. The number of benzene rings is 2. The summed E-state index contributed by atoms with van der Waals surface area (Å²) in [4.78, 5) is 2.93. The van der Waals surface area contributed by atoms with Crippen LogP contribution in [0, 0.1) is 0 Å². The maximum absolute atomic E-state index is 13.2. The van der Waals surface area contributed by atoms with Crippen molar-refractivity contribution in [2.45, 2.75) is 18.0 Å². The molecule has 7 nitrogen and oxygen atoms in total. The van der Waals surface area contributed by atoms with Crippen molar-refractivity contribution in [2.75, 3.05) is 4.31 Å². The molecule has 0 aliphatic rings. The lowest BCUT2D eigenvalue weighted by molar-refractivity contribution is 0.229. The molecule has 2 atom stereocenters. The Morgan fingerprint density at radius 1 is 1.19 bits per heavy atom. The predicted molar refractivity (Wildman–Crippen MR) is 98.9 cm³/mol. The molecule has 0 amide bonds. The number of nitrogens with zero attached hydrogens (tertiary/aromatic N) is 1. The molecule has 10 heteroatoms. The molecule has 0 spiro atoms. The Hall–Kier alpha value is -1.91. The Bertz CT molecular complexity index is 1050. The molecule has 1 N–H and O–H groups in total. The van der Waals surface area contributed by atoms with Crippen LogP contribution < -0.4 is 4.31 Å². The molecule has 1 heterocycles. The minimum absolute atomic E-state index is 0.00390. The van der Waals surface area contributed by atoms with Crippen LogP contribution >= 0.6 is 11.6 Å². The molecule has 0 aliphatic heterocycles. The van der Waals surface area contributed by atoms with Gasteiger partial charge in [0, 0.05) is 17.1 Å². The molecule has 3 rings (SSSR count). The van der Waals surface area contributed by atoms with E-state index in [0.29, 0.717) is 15.9 Å². The fourth-order valence-corrected chi connectivity index (χ4v) is 4.88. The number of H-pyrrole nitrogens is 1. The van der Waals surface area contributed by atoms with Crippen molar-refractivity contribution in [3.05, 3.63) is 59.8 Å². The van der Waals surface area contributed by atoms with Gasteiger partial charge in [-0.25, -0.2) is 16.9 Å². The summed E-state index contributed by atoms with van der Waals surface area (Å²) >= 11 is 3.31. The van der Waals surface area contributed by atoms with Gasteiger partial charge in [-0.2, -0.15) is 0 Å². The quantitative estimate of drug-likeness (QED) is 0.494. The number of nitrogens with one attached hydrogen (secondary N) is 1. The first-order valence-electron chi connectivity index (χ1n) is 7.44. The van der Waals surface area contributed by atoms with E-state index in [4.69, 9.17) is 15.8 Å². The molecule has 0 aliphatic carbocycles. The van der Waals surface area contributed by atoms with Crippen LogP contribution in [0.4, 0.5) is 5.69 Å². The van der Waals surface area contributed by atoms with Crippen molar-refractivity contribution in [2.24, 2.45) is 0 Å². The number of hydrogen-bond acceptors (Lipinski definition) is 5. The maximum atomic E-state index is 13.2. The number of aromatic nitrogens is 1. The number of anilines is 1. The standard InChI is InChI=1S/C16H15ClN2O5S2/c1-11(24-25(20)21)19(26(22,23)12-6-3-2-4-7-12)15-9-5-8-14-16(15)13(17)10-18-14/h2-11,18H,1H3,(H,20,21)/p-1. The number of halogens is 1. The maximum Gasteiger partial charge on any atom is 0.266 e. The van der Waals surface area contributed by atoms with Gasteiger partial charge in [-0.05, 0) is 31.2 Å². The molecule has 1 aromatic heterocycles. The second-order valence-corrected chi connectivity index (χ2v) is 8.17. The highest BCUT2D eigenvalue weighted by molar-refractivity contribution is 7.93. The van der Waals surface area contributed by atoms with E-state index in [2.05, 4.69) is 4.98 Å². The Kier molecular flexibility index (Phi) is 5.35. The molecule has 138 valence electrons. The summed E-state index contributed by atoms with van der Waals surface area (Å²) in [6.07, 6.45) is 0.204. The van der Waals surface area contributed by atoms with E-state index in [1.54, 1.807) is 30.3 Å². The third-order valence-corrected chi connectivity index (χ3v) is 6.33. The van der Waals surface area contributed by atoms with Crippen molar-refractivity contribution in [1.82, 2.24) is 4.98 Å². The zero-order valence-corrected chi connectivity index (χ0v) is 15.8. The van der Waals surface area contributed by atoms with Crippen LogP contribution in [0.5, 0.6) is 0 Å². The van der Waals surface area contributed by atoms with Crippen LogP contribution in [0.15, 0.2) is 59.6 Å². The summed E-state index contributed by atoms with van der Waals surface area (Å²) < 4.78 is 54.1. The monoisotopic (exact) mass is 413 g/mol. The molecule has 0 fully saturated rings. The first-order chi connectivity index (χ1) is 12.3. The molecule has 0 saturated heterocycles. The van der Waals surface area contributed by atoms with Gasteiger partial charge in [-0.3, -0.25) is 4.18 Å². The van der Waals surface area contributed by atoms with E-state index < -0.39 is 27.6 Å². The summed E-state index contributed by atoms with van der Waals surface area (Å²) in [6.45, 7) is 1.33. The molecular formula is C16H14ClN2O5S2-. The van der Waals surface area contributed by atoms with Gasteiger partial charge in [-0.15, -0.1) is 0 Å². The van der Waals surface area contributed by atoms with Gasteiger partial charge in [0.05, 0.1) is 27.0 Å². The number of sulfonamides is 1. The van der Waals surface area contributed by atoms with Crippen LogP contribution in [0.1, 0.15) is 6.92 Å². The normalized spacial score (nSPS) is 14.3. The molecule has 2 unspecified atom stereocenters. The average molecular weight is 414 g/mol. The first kappa shape index (κ1) is 18.9. The lowest BCUT2D eigenvalue weighted by Crippen LogP contribution is -2.40. The van der Waals surface area contributed by atoms with Crippen molar-refractivity contribution in [1.29, 1.82) is 0 Å². The van der Waals surface area contributed by atoms with Crippen LogP contribution in [-0.4, -0.2) is 28.4 Å². The van der Waals surface area contributed by atoms with Crippen LogP contribution in [-0.2, 0) is 25.6 Å². The Labute approximate surface area is 158 Å². The molecule has 0 radical (unpaired) electrons. The first-order valence-corrected chi connectivity index (χ1v) is 10.3. The average Bonchev–Trinajstić information content (AvgIpc) is 2.97. The van der Waals surface area contributed by atoms with E-state index in [9.17, 15) is 17.2 Å². The Morgan fingerprint density at radius 3 is 2.54 bits per heavy atom. The highest BCUT2D eigenvalue weighted by atomic mass is 35.5. The minimum Gasteiger partial charge on any atom is -0.750 e. The number of aromatic amines is 1. The van der Waals surface area contributed by atoms with Gasteiger partial charge in [0.1, 0.15) is 0 Å². The second kappa shape index (κ2) is 7.37. The van der Waals surface area contributed by atoms with Gasteiger partial charge >= 0.3 is 0 Å². The summed E-state index contributed by atoms with van der Waals surface area (Å²) in [5.74, 6) is 0. The largest absolute Gasteiger partial charge is 0.750 e. The van der Waals surface area contributed by atoms with E-state index in [1.165, 1.54) is 31.3 Å². The number of hydrogen-bond donors (Lipinski definition) is 1. The third-order valence-electron chi connectivity index (χ3n) is 3.72. The van der Waals surface area contributed by atoms with Crippen LogP contribution in [0.2, 0.25) is 5.02 Å². The lowest BCUT2D eigenvalue weighted by atomic mass is 10.2. The van der Waals surface area contributed by atoms with E-state index >= 15 is 0 Å². The zero-order chi connectivity index (χ0) is 18.9. The smallest absolute Gasteiger partial charge is 0.266 e. The van der Waals surface area contributed by atoms with Crippen molar-refractivity contribution < 1.29 is 21.4 Å². The van der Waals surface area contributed by atoms with Crippen LogP contribution in [0.3, 0.4) is 0 Å². The third kappa shape index (κ3) is 3.49. The SMILES string of the molecule is CC(OS(=O)[O-])N(c1cccc2[nH]cc(Cl)c12)S(=O)(=O)c1ccccc1. The lowest BCUT2D eigenvalue weighted by Gasteiger charge is -2.31. The Morgan fingerprint density at radius 2 is 1.88 bits per heavy atom. The second-order valence-electron chi connectivity index (χ2n) is 5.35. The van der Waals surface area contributed by atoms with Gasteiger partial charge in [0.2, 0.25) is 0 Å². The van der Waals surface area contributed by atoms with Crippen molar-refractivity contribution in [3.63, 3.8) is 0 Å². The molecular weight excluding hydrogens is 400 g/mol.